The van der Waals surface area contributed by atoms with Crippen LogP contribution in [0.25, 0.3) is 0 Å². The number of carbonyl (C=O) groups is 2. The van der Waals surface area contributed by atoms with E-state index in [9.17, 15) is 18.0 Å². The summed E-state index contributed by atoms with van der Waals surface area (Å²) in [7, 11) is -3.52. The Bertz CT molecular complexity index is 1420. The lowest BCUT2D eigenvalue weighted by molar-refractivity contribution is -0.124. The topological polar surface area (TPSA) is 95.6 Å². The lowest BCUT2D eigenvalue weighted by Crippen LogP contribution is -2.59. The van der Waals surface area contributed by atoms with Crippen molar-refractivity contribution in [3.8, 4) is 0 Å². The molecule has 1 heterocycles. The fourth-order valence-electron chi connectivity index (χ4n) is 5.76. The van der Waals surface area contributed by atoms with Crippen molar-refractivity contribution >= 4 is 33.4 Å². The van der Waals surface area contributed by atoms with Gasteiger partial charge in [-0.15, -0.1) is 0 Å². The van der Waals surface area contributed by atoms with Crippen molar-refractivity contribution in [2.24, 2.45) is 0 Å². The molecule has 2 N–H and O–H groups in total. The largest absolute Gasteiger partial charge is 0.352 e. The number of allylic oxidation sites excluding steroid dienone is 4. The molecule has 0 bridgehead atoms. The summed E-state index contributed by atoms with van der Waals surface area (Å²) in [5.41, 5.74) is 2.82. The first-order valence-corrected chi connectivity index (χ1v) is 15.7. The second-order valence-corrected chi connectivity index (χ2v) is 12.7. The number of nitrogens with one attached hydrogen (secondary N) is 2. The van der Waals surface area contributed by atoms with Crippen molar-refractivity contribution in [1.82, 2.24) is 14.9 Å². The molecule has 1 unspecified atom stereocenters. The zero-order valence-electron chi connectivity index (χ0n) is 22.8. The molecule has 1 saturated carbocycles. The van der Waals surface area contributed by atoms with Gasteiger partial charge in [-0.1, -0.05) is 91.2 Å². The minimum Gasteiger partial charge on any atom is -0.352 e. The molecule has 4 rings (SSSR count). The molecular weight excluding hydrogens is 546 g/mol. The number of halogens is 1. The average Bonchev–Trinajstić information content (AvgIpc) is 2.92. The van der Waals surface area contributed by atoms with E-state index in [-0.39, 0.29) is 11.8 Å². The van der Waals surface area contributed by atoms with Crippen molar-refractivity contribution in [3.05, 3.63) is 107 Å². The van der Waals surface area contributed by atoms with Gasteiger partial charge in [0.1, 0.15) is 0 Å². The molecule has 7 nitrogen and oxygen atoms in total. The number of fused-ring (bicyclic) bond motifs is 1. The highest BCUT2D eigenvalue weighted by Gasteiger charge is 2.48. The number of nitrogens with zero attached hydrogens (tertiary/aromatic N) is 1. The van der Waals surface area contributed by atoms with Crippen LogP contribution in [0.5, 0.6) is 0 Å². The van der Waals surface area contributed by atoms with Gasteiger partial charge < -0.3 is 10.2 Å². The fourth-order valence-corrected chi connectivity index (χ4v) is 6.71. The molecule has 2 aromatic rings. The van der Waals surface area contributed by atoms with Gasteiger partial charge >= 0.3 is 0 Å². The van der Waals surface area contributed by atoms with Gasteiger partial charge in [-0.25, -0.2) is 13.1 Å². The normalized spacial score (nSPS) is 23.6. The Hall–Kier alpha value is -3.20. The molecule has 1 aliphatic heterocycles. The second kappa shape index (κ2) is 13.0. The molecule has 0 radical (unpaired) electrons. The van der Waals surface area contributed by atoms with Gasteiger partial charge in [0.15, 0.2) is 0 Å². The number of rotatable bonds is 9. The van der Waals surface area contributed by atoms with Crippen molar-refractivity contribution in [1.29, 1.82) is 0 Å². The fraction of sp³-hybridized carbons (Fsp3) is 0.355. The number of hydrogen-bond donors (Lipinski definition) is 2. The molecule has 0 saturated heterocycles. The van der Waals surface area contributed by atoms with Gasteiger partial charge in [-0.2, -0.15) is 0 Å². The molecule has 0 aromatic heterocycles. The molecule has 40 heavy (non-hydrogen) atoms. The van der Waals surface area contributed by atoms with Crippen LogP contribution in [0.2, 0.25) is 5.02 Å². The Morgan fingerprint density at radius 1 is 1.10 bits per heavy atom. The minimum absolute atomic E-state index is 0.211. The third kappa shape index (κ3) is 6.92. The number of sulfonamides is 1. The van der Waals surface area contributed by atoms with Crippen molar-refractivity contribution in [2.75, 3.05) is 12.8 Å². The van der Waals surface area contributed by atoms with E-state index in [0.29, 0.717) is 35.5 Å². The van der Waals surface area contributed by atoms with E-state index in [2.05, 4.69) is 16.6 Å². The first-order valence-electron chi connectivity index (χ1n) is 13.5. The number of benzene rings is 2. The quantitative estimate of drug-likeness (QED) is 0.394. The van der Waals surface area contributed by atoms with Gasteiger partial charge in [0.25, 0.3) is 5.91 Å². The number of amides is 2. The first kappa shape index (κ1) is 29.8. The molecule has 212 valence electrons. The van der Waals surface area contributed by atoms with Gasteiger partial charge in [0.2, 0.25) is 15.9 Å². The van der Waals surface area contributed by atoms with E-state index >= 15 is 0 Å². The maximum atomic E-state index is 14.2. The van der Waals surface area contributed by atoms with Crippen LogP contribution < -0.4 is 10.0 Å². The van der Waals surface area contributed by atoms with Crippen LogP contribution in [-0.2, 0) is 14.8 Å². The molecule has 1 aliphatic carbocycles. The molecule has 9 heteroatoms. The van der Waals surface area contributed by atoms with E-state index in [4.69, 9.17) is 11.6 Å². The van der Waals surface area contributed by atoms with E-state index in [1.165, 1.54) is 0 Å². The molecule has 4 atom stereocenters. The van der Waals surface area contributed by atoms with Gasteiger partial charge in [0, 0.05) is 29.2 Å². The lowest BCUT2D eigenvalue weighted by atomic mass is 9.76. The zero-order chi connectivity index (χ0) is 28.9. The predicted molar refractivity (Wildman–Crippen MR) is 160 cm³/mol. The minimum atomic E-state index is -3.52. The molecule has 2 aliphatic rings. The summed E-state index contributed by atoms with van der Waals surface area (Å²) in [6, 6.07) is 12.8. The van der Waals surface area contributed by atoms with Crippen LogP contribution in [0.3, 0.4) is 0 Å². The summed E-state index contributed by atoms with van der Waals surface area (Å²) in [5, 5.41) is 3.62. The highest BCUT2D eigenvalue weighted by Crippen LogP contribution is 2.46. The van der Waals surface area contributed by atoms with Crippen molar-refractivity contribution < 1.29 is 18.0 Å². The number of carbonyl (C=O) groups excluding carboxylic acids is 2. The SMILES string of the molecule is C=C/C=C\C=C(/C)CNC(=O)[C@@H]1c2ccccc2C(=O)N(C2CCCC[C@@H]2NS(C)(=O)=O)[C@H]1c1ccc(Cl)cc1. The smallest absolute Gasteiger partial charge is 0.255 e. The maximum Gasteiger partial charge on any atom is 0.255 e. The third-order valence-electron chi connectivity index (χ3n) is 7.49. The van der Waals surface area contributed by atoms with Crippen LogP contribution in [0.15, 0.2) is 85.0 Å². The molecule has 0 spiro atoms. The van der Waals surface area contributed by atoms with E-state index in [0.717, 1.165) is 30.2 Å². The molecule has 1 fully saturated rings. The van der Waals surface area contributed by atoms with Gasteiger partial charge in [-0.3, -0.25) is 9.59 Å². The van der Waals surface area contributed by atoms with Gasteiger partial charge in [-0.05, 0) is 49.1 Å². The Morgan fingerprint density at radius 3 is 2.50 bits per heavy atom. The lowest BCUT2D eigenvalue weighted by Gasteiger charge is -2.49. The van der Waals surface area contributed by atoms with Crippen LogP contribution in [0.1, 0.15) is 66.1 Å². The summed E-state index contributed by atoms with van der Waals surface area (Å²) in [6.07, 6.45) is 11.3. The third-order valence-corrected chi connectivity index (χ3v) is 8.47. The Morgan fingerprint density at radius 2 is 1.80 bits per heavy atom. The Balaban J connectivity index is 1.82. The standard InChI is InChI=1S/C31H36ClN3O4S/c1-4-5-6-11-21(2)20-33-30(36)28-24-12-7-8-13-25(24)31(37)35(29(28)22-16-18-23(32)19-17-22)27-15-10-9-14-26(27)34-40(3,38)39/h4-8,11-13,16-19,26-29,34H,1,9-10,14-15,20H2,2-3H3,(H,33,36)/b6-5-,21-11+/t26-,27?,28+,29-/m0/s1. The van der Waals surface area contributed by atoms with Crippen molar-refractivity contribution in [2.45, 2.75) is 56.7 Å². The highest BCUT2D eigenvalue weighted by molar-refractivity contribution is 7.88. The van der Waals surface area contributed by atoms with Gasteiger partial charge in [0.05, 0.1) is 18.2 Å². The van der Waals surface area contributed by atoms with Crippen LogP contribution >= 0.6 is 11.6 Å². The van der Waals surface area contributed by atoms with E-state index in [1.54, 1.807) is 35.2 Å². The summed E-state index contributed by atoms with van der Waals surface area (Å²) in [4.78, 5) is 30.0. The summed E-state index contributed by atoms with van der Waals surface area (Å²) >= 11 is 6.22. The zero-order valence-corrected chi connectivity index (χ0v) is 24.4. The Labute approximate surface area is 242 Å². The highest BCUT2D eigenvalue weighted by atomic mass is 35.5. The summed E-state index contributed by atoms with van der Waals surface area (Å²) in [5.74, 6) is -1.14. The van der Waals surface area contributed by atoms with Crippen molar-refractivity contribution in [3.63, 3.8) is 0 Å². The maximum absolute atomic E-state index is 14.2. The molecular formula is C31H36ClN3O4S. The average molecular weight is 582 g/mol. The molecule has 2 amide bonds. The summed E-state index contributed by atoms with van der Waals surface area (Å²) < 4.78 is 27.4. The first-order chi connectivity index (χ1) is 19.1. The van der Waals surface area contributed by atoms with E-state index in [1.807, 2.05) is 49.4 Å². The van der Waals surface area contributed by atoms with Crippen LogP contribution in [0.4, 0.5) is 0 Å². The Kier molecular flexibility index (Phi) is 9.66. The monoisotopic (exact) mass is 581 g/mol. The molecule has 2 aromatic carbocycles. The second-order valence-electron chi connectivity index (χ2n) is 10.5. The van der Waals surface area contributed by atoms with Crippen LogP contribution in [0, 0.1) is 0 Å². The number of hydrogen-bond acceptors (Lipinski definition) is 4. The van der Waals surface area contributed by atoms with Crippen LogP contribution in [-0.4, -0.2) is 50.0 Å². The predicted octanol–water partition coefficient (Wildman–Crippen LogP) is 5.29. The van der Waals surface area contributed by atoms with E-state index < -0.39 is 34.1 Å². The summed E-state index contributed by atoms with van der Waals surface area (Å²) in [6.45, 7) is 5.93.